The number of anilines is 1. The molecule has 0 spiro atoms. The van der Waals surface area contributed by atoms with Gasteiger partial charge in [-0.3, -0.25) is 9.59 Å². The minimum atomic E-state index is -0.186. The monoisotopic (exact) mass is 424 g/mol. The smallest absolute Gasteiger partial charge is 0.255 e. The van der Waals surface area contributed by atoms with Crippen LogP contribution in [0.5, 0.6) is 0 Å². The molecular formula is C16H14Br2N2O2. The Balaban J connectivity index is 2.04. The number of rotatable bonds is 4. The van der Waals surface area contributed by atoms with Crippen LogP contribution in [0.2, 0.25) is 0 Å². The minimum absolute atomic E-state index is 0.0816. The summed E-state index contributed by atoms with van der Waals surface area (Å²) >= 11 is 6.78. The van der Waals surface area contributed by atoms with Gasteiger partial charge in [-0.2, -0.15) is 0 Å². The van der Waals surface area contributed by atoms with Crippen LogP contribution in [0.4, 0.5) is 5.69 Å². The van der Waals surface area contributed by atoms with Crippen molar-refractivity contribution < 1.29 is 9.59 Å². The summed E-state index contributed by atoms with van der Waals surface area (Å²) in [6.45, 7) is 1.92. The summed E-state index contributed by atoms with van der Waals surface area (Å²) in [6.07, 6.45) is 0. The molecule has 0 aliphatic heterocycles. The van der Waals surface area contributed by atoms with Gasteiger partial charge in [0.1, 0.15) is 0 Å². The lowest BCUT2D eigenvalue weighted by molar-refractivity contribution is -0.119. The molecule has 2 rings (SSSR count). The largest absolute Gasteiger partial charge is 0.352 e. The zero-order chi connectivity index (χ0) is 16.1. The normalized spacial score (nSPS) is 10.1. The fourth-order valence-corrected chi connectivity index (χ4v) is 2.93. The highest BCUT2D eigenvalue weighted by Crippen LogP contribution is 2.26. The van der Waals surface area contributed by atoms with Gasteiger partial charge in [-0.15, -0.1) is 0 Å². The van der Waals surface area contributed by atoms with E-state index < -0.39 is 0 Å². The Kier molecular flexibility index (Phi) is 5.74. The number of halogens is 2. The van der Waals surface area contributed by atoms with Gasteiger partial charge >= 0.3 is 0 Å². The lowest BCUT2D eigenvalue weighted by Gasteiger charge is -2.08. The van der Waals surface area contributed by atoms with Crippen molar-refractivity contribution in [2.75, 3.05) is 5.32 Å². The van der Waals surface area contributed by atoms with Gasteiger partial charge in [0.25, 0.3) is 5.91 Å². The van der Waals surface area contributed by atoms with Crippen molar-refractivity contribution in [3.8, 4) is 0 Å². The highest BCUT2D eigenvalue weighted by Gasteiger charge is 2.08. The van der Waals surface area contributed by atoms with E-state index in [9.17, 15) is 9.59 Å². The molecule has 2 aromatic carbocycles. The molecule has 0 aliphatic rings. The molecule has 6 heteroatoms. The van der Waals surface area contributed by atoms with Crippen molar-refractivity contribution in [2.45, 2.75) is 13.5 Å². The summed E-state index contributed by atoms with van der Waals surface area (Å²) in [5.41, 5.74) is 2.20. The highest BCUT2D eigenvalue weighted by molar-refractivity contribution is 9.11. The van der Waals surface area contributed by atoms with Gasteiger partial charge in [0.2, 0.25) is 5.91 Å². The molecule has 0 heterocycles. The van der Waals surface area contributed by atoms with Crippen molar-refractivity contribution in [2.24, 2.45) is 0 Å². The van der Waals surface area contributed by atoms with Crippen LogP contribution in [-0.4, -0.2) is 11.8 Å². The Labute approximate surface area is 145 Å². The number of hydrogen-bond donors (Lipinski definition) is 2. The molecule has 0 aromatic heterocycles. The van der Waals surface area contributed by atoms with Gasteiger partial charge in [-0.1, -0.05) is 28.1 Å². The third-order valence-electron chi connectivity index (χ3n) is 2.94. The van der Waals surface area contributed by atoms with E-state index in [1.807, 2.05) is 30.3 Å². The predicted octanol–water partition coefficient (Wildman–Crippen LogP) is 4.10. The number of carbonyl (C=O) groups excluding carboxylic acids is 2. The van der Waals surface area contributed by atoms with E-state index in [1.54, 1.807) is 12.1 Å². The summed E-state index contributed by atoms with van der Waals surface area (Å²) in [4.78, 5) is 23.1. The van der Waals surface area contributed by atoms with E-state index in [4.69, 9.17) is 0 Å². The first-order valence-corrected chi connectivity index (χ1v) is 8.14. The van der Waals surface area contributed by atoms with E-state index in [0.29, 0.717) is 17.8 Å². The molecule has 22 heavy (non-hydrogen) atoms. The highest BCUT2D eigenvalue weighted by atomic mass is 79.9. The second-order valence-electron chi connectivity index (χ2n) is 4.68. The third-order valence-corrected chi connectivity index (χ3v) is 4.09. The van der Waals surface area contributed by atoms with Gasteiger partial charge in [0.15, 0.2) is 0 Å². The topological polar surface area (TPSA) is 58.2 Å². The molecule has 2 aromatic rings. The van der Waals surface area contributed by atoms with E-state index in [1.165, 1.54) is 6.92 Å². The van der Waals surface area contributed by atoms with Crippen LogP contribution in [0, 0.1) is 0 Å². The Bertz CT molecular complexity index is 700. The van der Waals surface area contributed by atoms with E-state index in [2.05, 4.69) is 42.5 Å². The maximum atomic E-state index is 12.2. The predicted molar refractivity (Wildman–Crippen MR) is 93.8 cm³/mol. The Morgan fingerprint density at radius 2 is 1.73 bits per heavy atom. The van der Waals surface area contributed by atoms with Gasteiger partial charge in [0.05, 0.1) is 5.69 Å². The Morgan fingerprint density at radius 3 is 2.32 bits per heavy atom. The summed E-state index contributed by atoms with van der Waals surface area (Å²) < 4.78 is 1.73. The van der Waals surface area contributed by atoms with Crippen molar-refractivity contribution in [1.29, 1.82) is 0 Å². The van der Waals surface area contributed by atoms with Crippen LogP contribution in [0.1, 0.15) is 22.8 Å². The molecule has 4 nitrogen and oxygen atoms in total. The first kappa shape index (κ1) is 16.7. The van der Waals surface area contributed by atoms with Crippen molar-refractivity contribution in [3.05, 3.63) is 62.5 Å². The van der Waals surface area contributed by atoms with Crippen LogP contribution in [0.15, 0.2) is 51.4 Å². The van der Waals surface area contributed by atoms with Crippen LogP contribution >= 0.6 is 31.9 Å². The zero-order valence-corrected chi connectivity index (χ0v) is 15.0. The molecular weight excluding hydrogens is 412 g/mol. The fraction of sp³-hybridized carbons (Fsp3) is 0.125. The van der Waals surface area contributed by atoms with Gasteiger partial charge < -0.3 is 10.6 Å². The van der Waals surface area contributed by atoms with Crippen LogP contribution in [-0.2, 0) is 11.3 Å². The number of amides is 2. The van der Waals surface area contributed by atoms with Crippen molar-refractivity contribution >= 4 is 49.4 Å². The summed E-state index contributed by atoms with van der Waals surface area (Å²) in [5, 5.41) is 5.56. The number of hydrogen-bond acceptors (Lipinski definition) is 2. The van der Waals surface area contributed by atoms with Gasteiger partial charge in [-0.05, 0) is 51.8 Å². The maximum absolute atomic E-state index is 12.2. The molecule has 0 bridgehead atoms. The number of nitrogens with one attached hydrogen (secondary N) is 2. The SMILES string of the molecule is CC(=O)NCc1ccc(C(=O)Nc2ccc(Br)cc2Br)cc1. The molecule has 114 valence electrons. The number of benzene rings is 2. The Morgan fingerprint density at radius 1 is 1.05 bits per heavy atom. The van der Waals surface area contributed by atoms with Crippen LogP contribution in [0.3, 0.4) is 0 Å². The molecule has 0 fully saturated rings. The average Bonchev–Trinajstić information content (AvgIpc) is 2.48. The average molecular weight is 426 g/mol. The molecule has 0 saturated carbocycles. The summed E-state index contributed by atoms with van der Waals surface area (Å²) in [7, 11) is 0. The first-order valence-electron chi connectivity index (χ1n) is 6.55. The molecule has 0 aliphatic carbocycles. The molecule has 0 saturated heterocycles. The molecule has 0 radical (unpaired) electrons. The third kappa shape index (κ3) is 4.68. The second kappa shape index (κ2) is 7.56. The molecule has 2 amide bonds. The van der Waals surface area contributed by atoms with E-state index >= 15 is 0 Å². The fourth-order valence-electron chi connectivity index (χ4n) is 1.79. The zero-order valence-electron chi connectivity index (χ0n) is 11.8. The van der Waals surface area contributed by atoms with Crippen molar-refractivity contribution in [1.82, 2.24) is 5.32 Å². The lowest BCUT2D eigenvalue weighted by Crippen LogP contribution is -2.19. The summed E-state index contributed by atoms with van der Waals surface area (Å²) in [5.74, 6) is -0.268. The van der Waals surface area contributed by atoms with Crippen molar-refractivity contribution in [3.63, 3.8) is 0 Å². The standard InChI is InChI=1S/C16H14Br2N2O2/c1-10(21)19-9-11-2-4-12(5-3-11)16(22)20-15-7-6-13(17)8-14(15)18/h2-8H,9H2,1H3,(H,19,21)(H,20,22). The van der Waals surface area contributed by atoms with Gasteiger partial charge in [0, 0.05) is 28.0 Å². The maximum Gasteiger partial charge on any atom is 0.255 e. The quantitative estimate of drug-likeness (QED) is 0.774. The van der Waals surface area contributed by atoms with Crippen LogP contribution < -0.4 is 10.6 Å². The second-order valence-corrected chi connectivity index (χ2v) is 6.45. The molecule has 0 unspecified atom stereocenters. The first-order chi connectivity index (χ1) is 10.5. The lowest BCUT2D eigenvalue weighted by atomic mass is 10.1. The van der Waals surface area contributed by atoms with Gasteiger partial charge in [-0.25, -0.2) is 0 Å². The van der Waals surface area contributed by atoms with Crippen LogP contribution in [0.25, 0.3) is 0 Å². The Hall–Kier alpha value is -1.66. The van der Waals surface area contributed by atoms with E-state index in [-0.39, 0.29) is 11.8 Å². The van der Waals surface area contributed by atoms with E-state index in [0.717, 1.165) is 14.5 Å². The minimum Gasteiger partial charge on any atom is -0.352 e. The summed E-state index contributed by atoms with van der Waals surface area (Å²) in [6, 6.07) is 12.7. The number of carbonyl (C=O) groups is 2. The molecule has 2 N–H and O–H groups in total. The molecule has 0 atom stereocenters.